The maximum absolute atomic E-state index is 12.8. The van der Waals surface area contributed by atoms with Gasteiger partial charge in [0.25, 0.3) is 0 Å². The molecule has 5 heterocycles. The molecule has 212 valence electrons. The molecule has 6 N–H and O–H groups in total. The van der Waals surface area contributed by atoms with Crippen molar-refractivity contribution in [1.82, 2.24) is 9.88 Å². The summed E-state index contributed by atoms with van der Waals surface area (Å²) in [7, 11) is 1.30. The number of methoxy groups -OCH3 is 1. The Morgan fingerprint density at radius 3 is 2.64 bits per heavy atom. The van der Waals surface area contributed by atoms with E-state index in [1.165, 1.54) is 18.9 Å². The number of esters is 1. The number of benzene rings is 1. The second-order valence-corrected chi connectivity index (χ2v) is 10.6. The quantitative estimate of drug-likeness (QED) is 0.262. The van der Waals surface area contributed by atoms with Gasteiger partial charge in [-0.2, -0.15) is 0 Å². The van der Waals surface area contributed by atoms with Crippen molar-refractivity contribution in [3.63, 3.8) is 0 Å². The highest BCUT2D eigenvalue weighted by molar-refractivity contribution is 5.89. The molecule has 4 aliphatic rings. The fourth-order valence-corrected chi connectivity index (χ4v) is 6.88. The van der Waals surface area contributed by atoms with Gasteiger partial charge in [0.15, 0.2) is 6.29 Å². The van der Waals surface area contributed by atoms with E-state index in [2.05, 4.69) is 16.0 Å². The largest absolute Gasteiger partial charge is 0.471 e. The maximum atomic E-state index is 12.8. The molecule has 0 aliphatic carbocycles. The van der Waals surface area contributed by atoms with Crippen LogP contribution in [-0.4, -0.2) is 111 Å². The lowest BCUT2D eigenvalue weighted by Crippen LogP contribution is -2.63. The Bertz CT molecular complexity index is 1250. The molecule has 2 fully saturated rings. The zero-order chi connectivity index (χ0) is 27.4. The van der Waals surface area contributed by atoms with Crippen LogP contribution in [0.4, 0.5) is 0 Å². The van der Waals surface area contributed by atoms with Gasteiger partial charge >= 0.3 is 5.97 Å². The molecule has 1 aromatic heterocycles. The second kappa shape index (κ2) is 10.5. The standard InChI is InChI=1S/C27H34N2O10/c1-36-25(35)15-11-37-26(39-27-24(34)23(33)22(32)19(10-31)38-27)20-14(15)8-17-21-13(6-7-29(17)18(20)9-30)12-4-2-3-5-16(12)28-21/h2-5,11,14,17-20,22-24,26-28,30-34H,6-10H2,1H3/t14-,17-,18+,19?,20+,22-,23+,24-,26+,27?/m1/s1. The molecule has 0 saturated carbocycles. The highest BCUT2D eigenvalue weighted by Gasteiger charge is 2.55. The Balaban J connectivity index is 1.35. The minimum atomic E-state index is -1.62. The van der Waals surface area contributed by atoms with Crippen molar-refractivity contribution in [2.45, 2.75) is 61.9 Å². The van der Waals surface area contributed by atoms with Gasteiger partial charge in [0, 0.05) is 41.0 Å². The average molecular weight is 547 g/mol. The Labute approximate surface area is 224 Å². The van der Waals surface area contributed by atoms with Gasteiger partial charge in [0.05, 0.1) is 38.2 Å². The number of ether oxygens (including phenoxy) is 4. The Morgan fingerprint density at radius 1 is 1.10 bits per heavy atom. The normalized spacial score (nSPS) is 38.3. The number of hydrogen-bond donors (Lipinski definition) is 6. The summed E-state index contributed by atoms with van der Waals surface area (Å²) in [5.74, 6) is -1.55. The summed E-state index contributed by atoms with van der Waals surface area (Å²) in [5.41, 5.74) is 3.64. The third-order valence-corrected chi connectivity index (χ3v) is 8.78. The summed E-state index contributed by atoms with van der Waals surface area (Å²) in [4.78, 5) is 18.6. The smallest absolute Gasteiger partial charge is 0.337 e. The topological polar surface area (TPSA) is 174 Å². The van der Waals surface area contributed by atoms with Gasteiger partial charge in [-0.1, -0.05) is 18.2 Å². The molecule has 0 spiro atoms. The van der Waals surface area contributed by atoms with Gasteiger partial charge in [-0.05, 0) is 24.5 Å². The molecule has 4 aliphatic heterocycles. The van der Waals surface area contributed by atoms with E-state index < -0.39 is 67.4 Å². The van der Waals surface area contributed by atoms with Gasteiger partial charge < -0.3 is 49.5 Å². The van der Waals surface area contributed by atoms with Gasteiger partial charge in [-0.15, -0.1) is 0 Å². The Hall–Kier alpha value is -2.55. The summed E-state index contributed by atoms with van der Waals surface area (Å²) in [6.45, 7) is -0.187. The van der Waals surface area contributed by atoms with Crippen LogP contribution in [0.25, 0.3) is 10.9 Å². The molecule has 12 nitrogen and oxygen atoms in total. The molecular weight excluding hydrogens is 512 g/mol. The third kappa shape index (κ3) is 4.26. The molecule has 2 unspecified atom stereocenters. The number of nitrogens with zero attached hydrogens (tertiary/aromatic N) is 1. The number of rotatable bonds is 5. The fourth-order valence-electron chi connectivity index (χ4n) is 6.88. The highest BCUT2D eigenvalue weighted by Crippen LogP contribution is 2.51. The molecule has 2 saturated heterocycles. The number of piperidine rings is 1. The molecule has 0 amide bonds. The lowest BCUT2D eigenvalue weighted by molar-refractivity contribution is -0.346. The van der Waals surface area contributed by atoms with Crippen LogP contribution >= 0.6 is 0 Å². The zero-order valence-electron chi connectivity index (χ0n) is 21.4. The zero-order valence-corrected chi connectivity index (χ0v) is 21.4. The molecule has 2 aromatic rings. The molecule has 0 radical (unpaired) electrons. The minimum Gasteiger partial charge on any atom is -0.471 e. The van der Waals surface area contributed by atoms with Gasteiger partial charge in [0.2, 0.25) is 6.29 Å². The van der Waals surface area contributed by atoms with E-state index in [1.807, 2.05) is 18.2 Å². The van der Waals surface area contributed by atoms with E-state index in [4.69, 9.17) is 18.9 Å². The Morgan fingerprint density at radius 2 is 1.90 bits per heavy atom. The van der Waals surface area contributed by atoms with Crippen molar-refractivity contribution in [3.05, 3.63) is 47.4 Å². The third-order valence-electron chi connectivity index (χ3n) is 8.78. The van der Waals surface area contributed by atoms with E-state index in [9.17, 15) is 30.3 Å². The van der Waals surface area contributed by atoms with Crippen LogP contribution in [-0.2, 0) is 30.2 Å². The SMILES string of the molecule is COC(=O)C1=CO[C@@H](OC2OC(CO)[C@@H](O)[C@H](O)[C@H]2O)[C@H]2[C@@H]1C[C@@H]1c3[nH]c4ccccc4c3CCN1[C@H]2CO. The lowest BCUT2D eigenvalue weighted by Gasteiger charge is -2.54. The number of carbonyl (C=O) groups excluding carboxylic acids is 1. The minimum absolute atomic E-state index is 0.112. The number of nitrogens with one attached hydrogen (secondary N) is 1. The second-order valence-electron chi connectivity index (χ2n) is 10.6. The predicted molar refractivity (Wildman–Crippen MR) is 134 cm³/mol. The molecule has 1 aromatic carbocycles. The van der Waals surface area contributed by atoms with Crippen molar-refractivity contribution in [1.29, 1.82) is 0 Å². The van der Waals surface area contributed by atoms with Crippen LogP contribution < -0.4 is 0 Å². The number of hydrogen-bond acceptors (Lipinski definition) is 11. The van der Waals surface area contributed by atoms with Crippen molar-refractivity contribution in [2.75, 3.05) is 26.9 Å². The highest BCUT2D eigenvalue weighted by atomic mass is 16.8. The summed E-state index contributed by atoms with van der Waals surface area (Å²) in [6, 6.07) is 7.51. The lowest BCUT2D eigenvalue weighted by atomic mass is 9.70. The molecular formula is C27H34N2O10. The number of H-pyrrole nitrogens is 1. The molecule has 0 bridgehead atoms. The van der Waals surface area contributed by atoms with Crippen LogP contribution in [0, 0.1) is 11.8 Å². The predicted octanol–water partition coefficient (Wildman–Crippen LogP) is -0.706. The summed E-state index contributed by atoms with van der Waals surface area (Å²) in [5, 5.41) is 52.4. The van der Waals surface area contributed by atoms with Crippen molar-refractivity contribution in [3.8, 4) is 0 Å². The van der Waals surface area contributed by atoms with Gasteiger partial charge in [-0.25, -0.2) is 4.79 Å². The summed E-state index contributed by atoms with van der Waals surface area (Å²) < 4.78 is 22.5. The van der Waals surface area contributed by atoms with Crippen molar-refractivity contribution in [2.24, 2.45) is 11.8 Å². The van der Waals surface area contributed by atoms with E-state index in [0.29, 0.717) is 18.5 Å². The first-order valence-corrected chi connectivity index (χ1v) is 13.2. The fraction of sp³-hybridized carbons (Fsp3) is 0.593. The van der Waals surface area contributed by atoms with E-state index in [0.717, 1.165) is 23.0 Å². The molecule has 10 atom stereocenters. The average Bonchev–Trinajstić information content (AvgIpc) is 3.35. The number of aromatic nitrogens is 1. The van der Waals surface area contributed by atoms with Crippen LogP contribution in [0.2, 0.25) is 0 Å². The Kier molecular flexibility index (Phi) is 7.14. The van der Waals surface area contributed by atoms with E-state index in [-0.39, 0.29) is 12.6 Å². The first-order chi connectivity index (χ1) is 18.9. The number of para-hydroxylation sites is 1. The number of fused-ring (bicyclic) bond motifs is 6. The van der Waals surface area contributed by atoms with Crippen LogP contribution in [0.3, 0.4) is 0 Å². The number of aliphatic hydroxyl groups is 5. The molecule has 12 heteroatoms. The molecule has 39 heavy (non-hydrogen) atoms. The summed E-state index contributed by atoms with van der Waals surface area (Å²) in [6.07, 6.45) is -5.86. The summed E-state index contributed by atoms with van der Waals surface area (Å²) >= 11 is 0. The maximum Gasteiger partial charge on any atom is 0.337 e. The first-order valence-electron chi connectivity index (χ1n) is 13.2. The van der Waals surface area contributed by atoms with Gasteiger partial charge in [-0.3, -0.25) is 4.90 Å². The van der Waals surface area contributed by atoms with Crippen LogP contribution in [0.1, 0.15) is 23.7 Å². The van der Waals surface area contributed by atoms with Crippen molar-refractivity contribution < 1.29 is 49.3 Å². The number of aromatic amines is 1. The van der Waals surface area contributed by atoms with E-state index >= 15 is 0 Å². The van der Waals surface area contributed by atoms with Crippen LogP contribution in [0.5, 0.6) is 0 Å². The number of carbonyl (C=O) groups is 1. The van der Waals surface area contributed by atoms with E-state index in [1.54, 1.807) is 0 Å². The first kappa shape index (κ1) is 26.7. The number of aliphatic hydroxyl groups excluding tert-OH is 5. The van der Waals surface area contributed by atoms with Gasteiger partial charge in [0.1, 0.15) is 24.4 Å². The molecule has 6 rings (SSSR count). The monoisotopic (exact) mass is 546 g/mol. The van der Waals surface area contributed by atoms with Crippen LogP contribution in [0.15, 0.2) is 36.1 Å². The van der Waals surface area contributed by atoms with Crippen molar-refractivity contribution >= 4 is 16.9 Å².